The molecule has 0 aliphatic heterocycles. The van der Waals surface area contributed by atoms with E-state index < -0.39 is 0 Å². The first kappa shape index (κ1) is 13.0. The van der Waals surface area contributed by atoms with Gasteiger partial charge in [0.15, 0.2) is 0 Å². The summed E-state index contributed by atoms with van der Waals surface area (Å²) < 4.78 is 5.08. The Hall–Kier alpha value is -1.06. The average molecular weight is 223 g/mol. The highest BCUT2D eigenvalue weighted by Crippen LogP contribution is 2.14. The van der Waals surface area contributed by atoms with Crippen molar-refractivity contribution in [2.24, 2.45) is 11.7 Å². The summed E-state index contributed by atoms with van der Waals surface area (Å²) in [6.07, 6.45) is 1.31. The van der Waals surface area contributed by atoms with E-state index in [1.54, 1.807) is 7.11 Å². The number of benzene rings is 1. The van der Waals surface area contributed by atoms with Crippen molar-refractivity contribution in [2.45, 2.75) is 25.9 Å². The molecule has 1 aromatic carbocycles. The van der Waals surface area contributed by atoms with Gasteiger partial charge in [0, 0.05) is 0 Å². The van der Waals surface area contributed by atoms with Gasteiger partial charge >= 0.3 is 0 Å². The van der Waals surface area contributed by atoms with Crippen LogP contribution in [0.2, 0.25) is 0 Å². The molecular weight excluding hydrogens is 202 g/mol. The Morgan fingerprint density at radius 3 is 2.44 bits per heavy atom. The number of hydrogen-bond donors (Lipinski definition) is 2. The fraction of sp³-hybridized carbons (Fsp3) is 0.538. The van der Waals surface area contributed by atoms with Gasteiger partial charge < -0.3 is 15.6 Å². The number of methoxy groups -OCH3 is 1. The largest absolute Gasteiger partial charge is 0.497 e. The van der Waals surface area contributed by atoms with Gasteiger partial charge in [-0.25, -0.2) is 0 Å². The maximum atomic E-state index is 9.78. The van der Waals surface area contributed by atoms with Crippen molar-refractivity contribution in [3.8, 4) is 5.75 Å². The lowest BCUT2D eigenvalue weighted by atomic mass is 9.98. The fourth-order valence-electron chi connectivity index (χ4n) is 1.55. The van der Waals surface area contributed by atoms with Crippen LogP contribution in [0.3, 0.4) is 0 Å². The number of hydrogen-bond acceptors (Lipinski definition) is 3. The van der Waals surface area contributed by atoms with E-state index in [9.17, 15) is 5.11 Å². The highest BCUT2D eigenvalue weighted by molar-refractivity contribution is 5.27. The lowest BCUT2D eigenvalue weighted by Gasteiger charge is -2.16. The van der Waals surface area contributed by atoms with Crippen molar-refractivity contribution in [1.29, 1.82) is 0 Å². The minimum atomic E-state index is -0.313. The van der Waals surface area contributed by atoms with Crippen molar-refractivity contribution in [3.63, 3.8) is 0 Å². The summed E-state index contributed by atoms with van der Waals surface area (Å²) in [4.78, 5) is 0. The van der Waals surface area contributed by atoms with Crippen LogP contribution in [0.4, 0.5) is 0 Å². The molecular formula is C13H21NO2. The van der Waals surface area contributed by atoms with E-state index in [2.05, 4.69) is 0 Å². The highest BCUT2D eigenvalue weighted by Gasteiger charge is 2.11. The third kappa shape index (κ3) is 3.83. The maximum Gasteiger partial charge on any atom is 0.118 e. The molecule has 0 spiro atoms. The van der Waals surface area contributed by atoms with Crippen LogP contribution in [0.1, 0.15) is 18.9 Å². The summed E-state index contributed by atoms with van der Waals surface area (Å²) in [5, 5.41) is 9.78. The summed E-state index contributed by atoms with van der Waals surface area (Å²) in [6.45, 7) is 2.50. The zero-order valence-electron chi connectivity index (χ0n) is 10.0. The molecule has 90 valence electrons. The van der Waals surface area contributed by atoms with Gasteiger partial charge in [-0.1, -0.05) is 19.1 Å². The summed E-state index contributed by atoms with van der Waals surface area (Å²) >= 11 is 0. The minimum Gasteiger partial charge on any atom is -0.497 e. The molecule has 0 aromatic heterocycles. The van der Waals surface area contributed by atoms with E-state index in [1.807, 2.05) is 31.2 Å². The molecule has 2 unspecified atom stereocenters. The first-order valence-corrected chi connectivity index (χ1v) is 5.68. The summed E-state index contributed by atoms with van der Waals surface area (Å²) in [5.74, 6) is 1.03. The SMILES string of the molecule is COc1ccc(CCC(O)C(C)CN)cc1. The molecule has 0 fully saturated rings. The molecule has 0 saturated carbocycles. The number of nitrogens with two attached hydrogens (primary N) is 1. The fourth-order valence-corrected chi connectivity index (χ4v) is 1.55. The molecule has 0 radical (unpaired) electrons. The number of aryl methyl sites for hydroxylation is 1. The predicted molar refractivity (Wildman–Crippen MR) is 65.5 cm³/mol. The number of ether oxygens (including phenoxy) is 1. The van der Waals surface area contributed by atoms with Gasteiger partial charge in [-0.05, 0) is 43.0 Å². The van der Waals surface area contributed by atoms with E-state index in [1.165, 1.54) is 5.56 Å². The van der Waals surface area contributed by atoms with Gasteiger partial charge in [0.05, 0.1) is 13.2 Å². The van der Waals surface area contributed by atoms with E-state index in [0.717, 1.165) is 18.6 Å². The Morgan fingerprint density at radius 1 is 1.31 bits per heavy atom. The molecule has 0 bridgehead atoms. The summed E-state index contributed by atoms with van der Waals surface area (Å²) in [6, 6.07) is 7.93. The topological polar surface area (TPSA) is 55.5 Å². The molecule has 0 saturated heterocycles. The first-order chi connectivity index (χ1) is 7.67. The second-order valence-electron chi connectivity index (χ2n) is 4.17. The van der Waals surface area contributed by atoms with Gasteiger partial charge in [0.2, 0.25) is 0 Å². The van der Waals surface area contributed by atoms with Crippen LogP contribution in [0, 0.1) is 5.92 Å². The van der Waals surface area contributed by atoms with Crippen LogP contribution in [0.15, 0.2) is 24.3 Å². The van der Waals surface area contributed by atoms with Crippen LogP contribution in [0.25, 0.3) is 0 Å². The monoisotopic (exact) mass is 223 g/mol. The molecule has 1 rings (SSSR count). The average Bonchev–Trinajstić information content (AvgIpc) is 2.35. The molecule has 0 aliphatic rings. The number of rotatable bonds is 6. The van der Waals surface area contributed by atoms with Crippen LogP contribution >= 0.6 is 0 Å². The Bertz CT molecular complexity index is 297. The molecule has 0 aliphatic carbocycles. The van der Waals surface area contributed by atoms with Crippen molar-refractivity contribution in [1.82, 2.24) is 0 Å². The molecule has 16 heavy (non-hydrogen) atoms. The Morgan fingerprint density at radius 2 is 1.94 bits per heavy atom. The molecule has 0 amide bonds. The third-order valence-electron chi connectivity index (χ3n) is 2.92. The molecule has 3 heteroatoms. The molecule has 3 nitrogen and oxygen atoms in total. The lowest BCUT2D eigenvalue weighted by molar-refractivity contribution is 0.112. The second-order valence-corrected chi connectivity index (χ2v) is 4.17. The van der Waals surface area contributed by atoms with Gasteiger partial charge in [0.1, 0.15) is 5.75 Å². The zero-order valence-corrected chi connectivity index (χ0v) is 10.0. The van der Waals surface area contributed by atoms with Crippen molar-refractivity contribution in [2.75, 3.05) is 13.7 Å². The van der Waals surface area contributed by atoms with E-state index in [4.69, 9.17) is 10.5 Å². The Labute approximate surface area is 97.2 Å². The molecule has 0 heterocycles. The molecule has 2 atom stereocenters. The van der Waals surface area contributed by atoms with Gasteiger partial charge in [-0.2, -0.15) is 0 Å². The third-order valence-corrected chi connectivity index (χ3v) is 2.92. The normalized spacial score (nSPS) is 14.5. The summed E-state index contributed by atoms with van der Waals surface area (Å²) in [7, 11) is 1.65. The van der Waals surface area contributed by atoms with E-state index >= 15 is 0 Å². The van der Waals surface area contributed by atoms with E-state index in [-0.39, 0.29) is 12.0 Å². The van der Waals surface area contributed by atoms with Crippen LogP contribution in [-0.4, -0.2) is 24.9 Å². The number of aliphatic hydroxyl groups is 1. The lowest BCUT2D eigenvalue weighted by Crippen LogP contribution is -2.25. The summed E-state index contributed by atoms with van der Waals surface area (Å²) in [5.41, 5.74) is 6.72. The minimum absolute atomic E-state index is 0.165. The quantitative estimate of drug-likeness (QED) is 0.770. The molecule has 3 N–H and O–H groups in total. The van der Waals surface area contributed by atoms with Gasteiger partial charge in [-0.3, -0.25) is 0 Å². The van der Waals surface area contributed by atoms with Crippen molar-refractivity contribution in [3.05, 3.63) is 29.8 Å². The maximum absolute atomic E-state index is 9.78. The van der Waals surface area contributed by atoms with Crippen LogP contribution in [-0.2, 0) is 6.42 Å². The first-order valence-electron chi connectivity index (χ1n) is 5.68. The van der Waals surface area contributed by atoms with Gasteiger partial charge in [0.25, 0.3) is 0 Å². The second kappa shape index (κ2) is 6.51. The Kier molecular flexibility index (Phi) is 5.29. The predicted octanol–water partition coefficient (Wildman–Crippen LogP) is 1.58. The van der Waals surface area contributed by atoms with Crippen molar-refractivity contribution < 1.29 is 9.84 Å². The standard InChI is InChI=1S/C13H21NO2/c1-10(9-14)13(15)8-5-11-3-6-12(16-2)7-4-11/h3-4,6-7,10,13,15H,5,8-9,14H2,1-2H3. The Balaban J connectivity index is 2.42. The van der Waals surface area contributed by atoms with Gasteiger partial charge in [-0.15, -0.1) is 0 Å². The zero-order chi connectivity index (χ0) is 12.0. The number of aliphatic hydroxyl groups excluding tert-OH is 1. The smallest absolute Gasteiger partial charge is 0.118 e. The van der Waals surface area contributed by atoms with Crippen LogP contribution in [0.5, 0.6) is 5.75 Å². The van der Waals surface area contributed by atoms with Crippen LogP contribution < -0.4 is 10.5 Å². The van der Waals surface area contributed by atoms with E-state index in [0.29, 0.717) is 6.54 Å². The van der Waals surface area contributed by atoms with Crippen molar-refractivity contribution >= 4 is 0 Å². The highest BCUT2D eigenvalue weighted by atomic mass is 16.5. The molecule has 1 aromatic rings.